The summed E-state index contributed by atoms with van der Waals surface area (Å²) in [4.78, 5) is 7.32. The van der Waals surface area contributed by atoms with Gasteiger partial charge in [0.2, 0.25) is 0 Å². The maximum atomic E-state index is 6.24. The van der Waals surface area contributed by atoms with Gasteiger partial charge in [0.05, 0.1) is 5.52 Å². The number of piperidine rings is 1. The Kier molecular flexibility index (Phi) is 7.81. The first-order valence-corrected chi connectivity index (χ1v) is 11.9. The molecule has 0 amide bonds. The Morgan fingerprint density at radius 1 is 0.971 bits per heavy atom. The zero-order chi connectivity index (χ0) is 22.6. The summed E-state index contributed by atoms with van der Waals surface area (Å²) in [6.45, 7) is 4.72. The van der Waals surface area contributed by atoms with Crippen molar-refractivity contribution in [2.24, 2.45) is 0 Å². The predicted octanol–water partition coefficient (Wildman–Crippen LogP) is 7.28. The van der Waals surface area contributed by atoms with Gasteiger partial charge in [-0.25, -0.2) is 4.98 Å². The molecule has 5 rings (SSSR count). The van der Waals surface area contributed by atoms with Gasteiger partial charge in [0, 0.05) is 54.6 Å². The van der Waals surface area contributed by atoms with Crippen LogP contribution in [0.2, 0.25) is 5.02 Å². The van der Waals surface area contributed by atoms with E-state index in [0.717, 1.165) is 48.0 Å². The maximum absolute atomic E-state index is 6.24. The molecule has 1 saturated heterocycles. The van der Waals surface area contributed by atoms with Crippen molar-refractivity contribution in [3.05, 3.63) is 95.0 Å². The largest absolute Gasteiger partial charge is 0.490 e. The number of nitrogens with zero attached hydrogens (tertiary/aromatic N) is 2. The highest BCUT2D eigenvalue weighted by atomic mass is 35.5. The SMILES string of the molecule is Cc1ccc(OC2CCN(c3cc(NCc4ccc(Cl)cc4)nc4ccccc34)CC2)cc1.Cl. The number of nitrogens with one attached hydrogen (secondary N) is 1. The van der Waals surface area contributed by atoms with Crippen LogP contribution in [0.5, 0.6) is 5.75 Å². The van der Waals surface area contributed by atoms with Crippen molar-refractivity contribution in [1.29, 1.82) is 0 Å². The number of anilines is 2. The number of pyridine rings is 1. The molecular formula is C28H29Cl2N3O. The van der Waals surface area contributed by atoms with Gasteiger partial charge in [0.15, 0.2) is 0 Å². The van der Waals surface area contributed by atoms with Crippen LogP contribution in [0.4, 0.5) is 11.5 Å². The van der Waals surface area contributed by atoms with Crippen LogP contribution in [0.15, 0.2) is 78.9 Å². The van der Waals surface area contributed by atoms with E-state index >= 15 is 0 Å². The number of fused-ring (bicyclic) bond motifs is 1. The molecule has 0 bridgehead atoms. The third-order valence-electron chi connectivity index (χ3n) is 6.19. The average molecular weight is 494 g/mol. The Morgan fingerprint density at radius 3 is 2.41 bits per heavy atom. The summed E-state index contributed by atoms with van der Waals surface area (Å²) in [5.74, 6) is 1.85. The number of hydrogen-bond donors (Lipinski definition) is 1. The Labute approximate surface area is 212 Å². The van der Waals surface area contributed by atoms with E-state index in [1.54, 1.807) is 0 Å². The zero-order valence-electron chi connectivity index (χ0n) is 19.2. The number of hydrogen-bond acceptors (Lipinski definition) is 4. The first-order valence-electron chi connectivity index (χ1n) is 11.5. The minimum atomic E-state index is 0. The van der Waals surface area contributed by atoms with Crippen LogP contribution in [0, 0.1) is 6.92 Å². The lowest BCUT2D eigenvalue weighted by Crippen LogP contribution is -2.38. The first kappa shape index (κ1) is 24.2. The van der Waals surface area contributed by atoms with Crippen molar-refractivity contribution in [3.8, 4) is 5.75 Å². The summed E-state index contributed by atoms with van der Waals surface area (Å²) in [6, 6.07) is 26.8. The Hall–Kier alpha value is -2.95. The van der Waals surface area contributed by atoms with E-state index in [1.165, 1.54) is 22.2 Å². The standard InChI is InChI=1S/C28H28ClN3O.ClH/c1-20-6-12-23(13-7-20)33-24-14-16-32(17-15-24)27-18-28(31-26-5-3-2-4-25(26)27)30-19-21-8-10-22(29)11-9-21;/h2-13,18,24H,14-17,19H2,1H3,(H,30,31);1H. The van der Waals surface area contributed by atoms with E-state index in [9.17, 15) is 0 Å². The van der Waals surface area contributed by atoms with Crippen molar-refractivity contribution in [1.82, 2.24) is 4.98 Å². The van der Waals surface area contributed by atoms with Crippen LogP contribution in [0.1, 0.15) is 24.0 Å². The molecule has 6 heteroatoms. The molecule has 34 heavy (non-hydrogen) atoms. The molecule has 1 aliphatic rings. The van der Waals surface area contributed by atoms with Gasteiger partial charge >= 0.3 is 0 Å². The van der Waals surface area contributed by atoms with Crippen LogP contribution in [-0.4, -0.2) is 24.2 Å². The van der Waals surface area contributed by atoms with Gasteiger partial charge in [-0.15, -0.1) is 12.4 Å². The third kappa shape index (κ3) is 5.75. The number of aryl methyl sites for hydroxylation is 1. The van der Waals surface area contributed by atoms with Gasteiger partial charge in [-0.1, -0.05) is 59.6 Å². The lowest BCUT2D eigenvalue weighted by molar-refractivity contribution is 0.171. The second kappa shape index (κ2) is 11.0. The molecule has 4 nitrogen and oxygen atoms in total. The summed E-state index contributed by atoms with van der Waals surface area (Å²) >= 11 is 6.02. The normalized spacial score (nSPS) is 14.0. The van der Waals surface area contributed by atoms with E-state index < -0.39 is 0 Å². The molecule has 1 aromatic heterocycles. The average Bonchev–Trinajstić information content (AvgIpc) is 2.85. The van der Waals surface area contributed by atoms with E-state index in [2.05, 4.69) is 65.7 Å². The highest BCUT2D eigenvalue weighted by Gasteiger charge is 2.22. The number of ether oxygens (including phenoxy) is 1. The smallest absolute Gasteiger partial charge is 0.129 e. The molecule has 0 radical (unpaired) electrons. The Morgan fingerprint density at radius 2 is 1.68 bits per heavy atom. The minimum Gasteiger partial charge on any atom is -0.490 e. The van der Waals surface area contributed by atoms with E-state index in [4.69, 9.17) is 21.3 Å². The highest BCUT2D eigenvalue weighted by Crippen LogP contribution is 2.31. The highest BCUT2D eigenvalue weighted by molar-refractivity contribution is 6.30. The molecule has 0 spiro atoms. The maximum Gasteiger partial charge on any atom is 0.129 e. The number of aromatic nitrogens is 1. The summed E-state index contributed by atoms with van der Waals surface area (Å²) in [6.07, 6.45) is 2.25. The summed E-state index contributed by atoms with van der Waals surface area (Å²) in [5.41, 5.74) is 4.66. The van der Waals surface area contributed by atoms with Gasteiger partial charge in [-0.3, -0.25) is 0 Å². The lowest BCUT2D eigenvalue weighted by Gasteiger charge is -2.34. The number of rotatable bonds is 6. The number of halogens is 2. The fraction of sp³-hybridized carbons (Fsp3) is 0.250. The quantitative estimate of drug-likeness (QED) is 0.306. The van der Waals surface area contributed by atoms with E-state index in [-0.39, 0.29) is 18.5 Å². The number of benzene rings is 3. The fourth-order valence-corrected chi connectivity index (χ4v) is 4.45. The van der Waals surface area contributed by atoms with Crippen molar-refractivity contribution >= 4 is 46.4 Å². The second-order valence-corrected chi connectivity index (χ2v) is 9.08. The summed E-state index contributed by atoms with van der Waals surface area (Å²) in [7, 11) is 0. The molecule has 176 valence electrons. The van der Waals surface area contributed by atoms with Crippen molar-refractivity contribution < 1.29 is 4.74 Å². The van der Waals surface area contributed by atoms with Crippen molar-refractivity contribution in [2.45, 2.75) is 32.4 Å². The molecule has 4 aromatic rings. The van der Waals surface area contributed by atoms with Gasteiger partial charge in [-0.2, -0.15) is 0 Å². The van der Waals surface area contributed by atoms with Crippen LogP contribution in [0.3, 0.4) is 0 Å². The van der Waals surface area contributed by atoms with Gasteiger partial charge in [-0.05, 0) is 42.8 Å². The van der Waals surface area contributed by atoms with Crippen LogP contribution >= 0.6 is 24.0 Å². The molecule has 0 unspecified atom stereocenters. The molecule has 0 aliphatic carbocycles. The molecule has 0 atom stereocenters. The Balaban J connectivity index is 0.00000274. The summed E-state index contributed by atoms with van der Waals surface area (Å²) in [5, 5.41) is 5.43. The monoisotopic (exact) mass is 493 g/mol. The van der Waals surface area contributed by atoms with Gasteiger partial charge in [0.1, 0.15) is 17.7 Å². The van der Waals surface area contributed by atoms with Crippen LogP contribution in [-0.2, 0) is 6.54 Å². The second-order valence-electron chi connectivity index (χ2n) is 8.64. The Bertz CT molecular complexity index is 1220. The molecule has 1 aliphatic heterocycles. The van der Waals surface area contributed by atoms with E-state index in [0.29, 0.717) is 6.54 Å². The third-order valence-corrected chi connectivity index (χ3v) is 6.44. The van der Waals surface area contributed by atoms with Crippen molar-refractivity contribution in [2.75, 3.05) is 23.3 Å². The topological polar surface area (TPSA) is 37.4 Å². The minimum absolute atomic E-state index is 0. The molecule has 1 fully saturated rings. The van der Waals surface area contributed by atoms with Crippen LogP contribution < -0.4 is 15.0 Å². The van der Waals surface area contributed by atoms with Crippen molar-refractivity contribution in [3.63, 3.8) is 0 Å². The van der Waals surface area contributed by atoms with E-state index in [1.807, 2.05) is 30.3 Å². The fourth-order valence-electron chi connectivity index (χ4n) is 4.33. The van der Waals surface area contributed by atoms with Gasteiger partial charge < -0.3 is 15.0 Å². The lowest BCUT2D eigenvalue weighted by atomic mass is 10.0. The van der Waals surface area contributed by atoms with Gasteiger partial charge in [0.25, 0.3) is 0 Å². The molecule has 2 heterocycles. The summed E-state index contributed by atoms with van der Waals surface area (Å²) < 4.78 is 6.24. The molecule has 3 aromatic carbocycles. The zero-order valence-corrected chi connectivity index (χ0v) is 20.8. The molecule has 0 saturated carbocycles. The first-order chi connectivity index (χ1) is 16.1. The molecule has 1 N–H and O–H groups in total. The molecular weight excluding hydrogens is 465 g/mol. The predicted molar refractivity (Wildman–Crippen MR) is 145 cm³/mol. The number of para-hydroxylation sites is 1. The van der Waals surface area contributed by atoms with Crippen LogP contribution in [0.25, 0.3) is 10.9 Å².